The Labute approximate surface area is 167 Å². The van der Waals surface area contributed by atoms with Crippen molar-refractivity contribution in [2.45, 2.75) is 6.42 Å². The summed E-state index contributed by atoms with van der Waals surface area (Å²) in [6.45, 7) is 0.413. The molecular weight excluding hydrogens is 380 g/mol. The van der Waals surface area contributed by atoms with Gasteiger partial charge in [0.25, 0.3) is 5.91 Å². The number of amides is 1. The number of pyridine rings is 1. The minimum Gasteiger partial charge on any atom is -0.497 e. The number of nitrogens with one attached hydrogen (secondary N) is 1. The Bertz CT molecular complexity index is 796. The van der Waals surface area contributed by atoms with Gasteiger partial charge in [-0.15, -0.1) is 0 Å². The largest absolute Gasteiger partial charge is 0.497 e. The van der Waals surface area contributed by atoms with Crippen molar-refractivity contribution in [2.75, 3.05) is 25.2 Å². The van der Waals surface area contributed by atoms with Crippen LogP contribution in [0.1, 0.15) is 27.1 Å². The van der Waals surface area contributed by atoms with Crippen LogP contribution in [-0.4, -0.2) is 52.9 Å². The molecule has 0 saturated heterocycles. The summed E-state index contributed by atoms with van der Waals surface area (Å²) in [7, 11) is 1.56. The molecule has 0 bridgehead atoms. The molecule has 0 saturated carbocycles. The van der Waals surface area contributed by atoms with Gasteiger partial charge in [-0.1, -0.05) is 0 Å². The smallest absolute Gasteiger partial charge is 0.304 e. The summed E-state index contributed by atoms with van der Waals surface area (Å²) in [5.74, 6) is -0.479. The number of benzene rings is 1. The molecule has 7 nitrogen and oxygen atoms in total. The van der Waals surface area contributed by atoms with Crippen LogP contribution in [0.3, 0.4) is 0 Å². The Kier molecular flexibility index (Phi) is 8.48. The van der Waals surface area contributed by atoms with Gasteiger partial charge in [-0.25, -0.2) is 0 Å². The van der Waals surface area contributed by atoms with Crippen LogP contribution >= 0.6 is 11.8 Å². The van der Waals surface area contributed by atoms with E-state index in [9.17, 15) is 14.4 Å². The molecule has 1 amide bonds. The Hall–Kier alpha value is -2.87. The fraction of sp³-hybridized carbons (Fsp3) is 0.300. The van der Waals surface area contributed by atoms with E-state index in [4.69, 9.17) is 9.84 Å². The van der Waals surface area contributed by atoms with Gasteiger partial charge in [0.2, 0.25) is 0 Å². The topological polar surface area (TPSA) is 106 Å². The fourth-order valence-corrected chi connectivity index (χ4v) is 3.46. The van der Waals surface area contributed by atoms with Crippen molar-refractivity contribution in [1.29, 1.82) is 0 Å². The Balaban J connectivity index is 1.79. The van der Waals surface area contributed by atoms with E-state index in [2.05, 4.69) is 10.3 Å². The number of carboxylic acid groups (broad SMARTS) is 1. The number of carboxylic acids is 1. The quantitative estimate of drug-likeness (QED) is 0.439. The summed E-state index contributed by atoms with van der Waals surface area (Å²) in [4.78, 5) is 39.6. The zero-order valence-electron chi connectivity index (χ0n) is 15.5. The molecule has 2 rings (SSSR count). The minimum absolute atomic E-state index is 0.197. The van der Waals surface area contributed by atoms with E-state index < -0.39 is 11.9 Å². The lowest BCUT2D eigenvalue weighted by Crippen LogP contribution is -2.26. The average Bonchev–Trinajstić information content (AvgIpc) is 2.72. The lowest BCUT2D eigenvalue weighted by atomic mass is 9.97. The van der Waals surface area contributed by atoms with Crippen LogP contribution in [0.15, 0.2) is 48.8 Å². The molecule has 0 radical (unpaired) electrons. The monoisotopic (exact) mass is 402 g/mol. The maximum atomic E-state index is 12.5. The van der Waals surface area contributed by atoms with Gasteiger partial charge in [-0.2, -0.15) is 11.8 Å². The zero-order chi connectivity index (χ0) is 20.4. The third kappa shape index (κ3) is 6.70. The standard InChI is InChI=1S/C20H22N2O5S/c1-27-17-6-4-14(5-7-17)20(26)22-9-10-28-13-16(11-18(23)24)19(25)15-3-2-8-21-12-15/h2-8,12,16H,9-11,13H2,1H3,(H,22,26)(H,23,24). The van der Waals surface area contributed by atoms with E-state index in [0.717, 1.165) is 0 Å². The van der Waals surface area contributed by atoms with E-state index in [1.807, 2.05) is 0 Å². The molecule has 1 heterocycles. The number of ether oxygens (including phenoxy) is 1. The molecule has 0 fully saturated rings. The molecule has 2 N–H and O–H groups in total. The Morgan fingerprint density at radius 2 is 1.93 bits per heavy atom. The molecule has 1 aromatic carbocycles. The predicted octanol–water partition coefficient (Wildman–Crippen LogP) is 2.53. The highest BCUT2D eigenvalue weighted by Crippen LogP contribution is 2.18. The summed E-state index contributed by atoms with van der Waals surface area (Å²) in [5, 5.41) is 11.9. The second-order valence-corrected chi connectivity index (χ2v) is 7.11. The summed E-state index contributed by atoms with van der Waals surface area (Å²) in [6, 6.07) is 10.1. The first-order valence-corrected chi connectivity index (χ1v) is 9.82. The van der Waals surface area contributed by atoms with Crippen molar-refractivity contribution in [2.24, 2.45) is 5.92 Å². The molecule has 28 heavy (non-hydrogen) atoms. The molecule has 0 aliphatic heterocycles. The van der Waals surface area contributed by atoms with E-state index in [1.54, 1.807) is 49.7 Å². The number of thioether (sulfide) groups is 1. The Morgan fingerprint density at radius 1 is 1.18 bits per heavy atom. The number of carbonyl (C=O) groups excluding carboxylic acids is 2. The molecular formula is C20H22N2O5S. The van der Waals surface area contributed by atoms with Gasteiger partial charge in [0, 0.05) is 47.5 Å². The van der Waals surface area contributed by atoms with Crippen LogP contribution in [-0.2, 0) is 4.79 Å². The van der Waals surface area contributed by atoms with Gasteiger partial charge in [0.1, 0.15) is 5.75 Å². The number of Topliss-reactive ketones (excluding diaryl/α,β-unsaturated/α-hetero) is 1. The van der Waals surface area contributed by atoms with E-state index in [1.165, 1.54) is 18.0 Å². The highest BCUT2D eigenvalue weighted by Gasteiger charge is 2.23. The summed E-state index contributed by atoms with van der Waals surface area (Å²) >= 11 is 1.43. The highest BCUT2D eigenvalue weighted by molar-refractivity contribution is 7.99. The molecule has 1 unspecified atom stereocenters. The maximum absolute atomic E-state index is 12.5. The molecule has 1 atom stereocenters. The lowest BCUT2D eigenvalue weighted by molar-refractivity contribution is -0.137. The number of hydrogen-bond acceptors (Lipinski definition) is 6. The summed E-state index contributed by atoms with van der Waals surface area (Å²) in [5.41, 5.74) is 0.934. The zero-order valence-corrected chi connectivity index (χ0v) is 16.3. The number of aromatic nitrogens is 1. The third-order valence-electron chi connectivity index (χ3n) is 3.94. The first kappa shape index (κ1) is 21.4. The van der Waals surface area contributed by atoms with Crippen molar-refractivity contribution >= 4 is 29.4 Å². The average molecular weight is 402 g/mol. The first-order chi connectivity index (χ1) is 13.5. The normalized spacial score (nSPS) is 11.5. The predicted molar refractivity (Wildman–Crippen MR) is 107 cm³/mol. The van der Waals surface area contributed by atoms with Crippen LogP contribution in [0.4, 0.5) is 0 Å². The molecule has 148 valence electrons. The van der Waals surface area contributed by atoms with Gasteiger partial charge in [0.15, 0.2) is 5.78 Å². The second kappa shape index (κ2) is 11.1. The van der Waals surface area contributed by atoms with Crippen LogP contribution in [0.25, 0.3) is 0 Å². The van der Waals surface area contributed by atoms with Gasteiger partial charge in [-0.05, 0) is 36.4 Å². The highest BCUT2D eigenvalue weighted by atomic mass is 32.2. The van der Waals surface area contributed by atoms with Gasteiger partial charge >= 0.3 is 5.97 Å². The van der Waals surface area contributed by atoms with Crippen LogP contribution in [0.5, 0.6) is 5.75 Å². The number of methoxy groups -OCH3 is 1. The molecule has 1 aromatic heterocycles. The molecule has 0 aliphatic carbocycles. The molecule has 0 aliphatic rings. The third-order valence-corrected chi connectivity index (χ3v) is 5.07. The maximum Gasteiger partial charge on any atom is 0.304 e. The van der Waals surface area contributed by atoms with Crippen molar-refractivity contribution in [3.8, 4) is 5.75 Å². The fourth-order valence-electron chi connectivity index (χ4n) is 2.49. The van der Waals surface area contributed by atoms with Crippen molar-refractivity contribution in [3.63, 3.8) is 0 Å². The summed E-state index contributed by atoms with van der Waals surface area (Å²) < 4.78 is 5.05. The number of ketones is 1. The van der Waals surface area contributed by atoms with Gasteiger partial charge in [0.05, 0.1) is 13.5 Å². The van der Waals surface area contributed by atoms with Crippen LogP contribution in [0, 0.1) is 5.92 Å². The van der Waals surface area contributed by atoms with Crippen LogP contribution in [0.2, 0.25) is 0 Å². The van der Waals surface area contributed by atoms with Gasteiger partial charge in [-0.3, -0.25) is 19.4 Å². The van der Waals surface area contributed by atoms with Crippen molar-refractivity contribution < 1.29 is 24.2 Å². The number of hydrogen-bond donors (Lipinski definition) is 2. The number of aliphatic carboxylic acids is 1. The molecule has 2 aromatic rings. The van der Waals surface area contributed by atoms with Crippen LogP contribution < -0.4 is 10.1 Å². The van der Waals surface area contributed by atoms with E-state index in [-0.39, 0.29) is 18.1 Å². The van der Waals surface area contributed by atoms with Crippen molar-refractivity contribution in [1.82, 2.24) is 10.3 Å². The number of rotatable bonds is 11. The van der Waals surface area contributed by atoms with Crippen molar-refractivity contribution in [3.05, 3.63) is 59.9 Å². The van der Waals surface area contributed by atoms with E-state index in [0.29, 0.717) is 34.9 Å². The first-order valence-electron chi connectivity index (χ1n) is 8.67. The van der Waals surface area contributed by atoms with E-state index >= 15 is 0 Å². The SMILES string of the molecule is COc1ccc(C(=O)NCCSCC(CC(=O)O)C(=O)c2cccnc2)cc1. The summed E-state index contributed by atoms with van der Waals surface area (Å²) in [6.07, 6.45) is 2.76. The number of nitrogens with zero attached hydrogens (tertiary/aromatic N) is 1. The molecule has 0 spiro atoms. The van der Waals surface area contributed by atoms with Gasteiger partial charge < -0.3 is 15.2 Å². The second-order valence-electron chi connectivity index (χ2n) is 5.96. The Morgan fingerprint density at radius 3 is 2.54 bits per heavy atom. The lowest BCUT2D eigenvalue weighted by Gasteiger charge is -2.13. The minimum atomic E-state index is -1.02. The number of carbonyl (C=O) groups is 3. The molecule has 8 heteroatoms.